The summed E-state index contributed by atoms with van der Waals surface area (Å²) in [5.74, 6) is 0. The summed E-state index contributed by atoms with van der Waals surface area (Å²) >= 11 is 0. The topological polar surface area (TPSA) is 12.5 Å². The molecule has 2 rings (SSSR count). The van der Waals surface area contributed by atoms with Crippen molar-refractivity contribution in [3.63, 3.8) is 0 Å². The Morgan fingerprint density at radius 1 is 1.19 bits per heavy atom. The van der Waals surface area contributed by atoms with Gasteiger partial charge in [-0.2, -0.15) is 0 Å². The number of hydrogen-bond donors (Lipinski definition) is 0. The van der Waals surface area contributed by atoms with Crippen molar-refractivity contribution in [2.45, 2.75) is 65.6 Å². The number of fused-ring (bicyclic) bond motifs is 1. The summed E-state index contributed by atoms with van der Waals surface area (Å²) in [7, 11) is 0. The molecule has 16 heavy (non-hydrogen) atoms. The molecule has 0 radical (unpaired) electrons. The van der Waals surface area contributed by atoms with E-state index in [-0.39, 0.29) is 0 Å². The number of hydrogen-bond acceptors (Lipinski definition) is 1. The maximum absolute atomic E-state index is 5.84. The Morgan fingerprint density at radius 3 is 2.69 bits per heavy atom. The van der Waals surface area contributed by atoms with Crippen molar-refractivity contribution >= 4 is 0 Å². The molecule has 0 bridgehead atoms. The largest absolute Gasteiger partial charge is 0.369 e. The maximum Gasteiger partial charge on any atom is 0.0898 e. The van der Waals surface area contributed by atoms with Gasteiger partial charge in [-0.15, -0.1) is 0 Å². The molecule has 1 aliphatic heterocycles. The monoisotopic (exact) mass is 220 g/mol. The average molecular weight is 220 g/mol. The molecule has 0 spiro atoms. The number of ether oxygens (including phenoxy) is 1. The van der Waals surface area contributed by atoms with E-state index in [9.17, 15) is 0 Å². The van der Waals surface area contributed by atoms with Crippen molar-refractivity contribution in [1.29, 1.82) is 0 Å². The second-order valence-electron chi connectivity index (χ2n) is 6.13. The van der Waals surface area contributed by atoms with E-state index in [1.54, 1.807) is 0 Å². The summed E-state index contributed by atoms with van der Waals surface area (Å²) in [5, 5.41) is 0. The van der Waals surface area contributed by atoms with Crippen LogP contribution in [-0.4, -0.2) is 12.2 Å². The quantitative estimate of drug-likeness (QED) is 0.439. The fourth-order valence-electron chi connectivity index (χ4n) is 2.59. The van der Waals surface area contributed by atoms with Gasteiger partial charge in [-0.25, -0.2) is 0 Å². The molecular weight excluding hydrogens is 196 g/mol. The molecule has 1 nitrogen and oxygen atoms in total. The van der Waals surface area contributed by atoms with Gasteiger partial charge in [0.25, 0.3) is 0 Å². The highest BCUT2D eigenvalue weighted by molar-refractivity contribution is 5.12. The molecule has 0 aromatic carbocycles. The third-order valence-electron chi connectivity index (χ3n) is 3.88. The third kappa shape index (κ3) is 2.76. The molecule has 2 aliphatic rings. The molecule has 90 valence electrons. The molecular formula is C15H24O. The number of epoxide rings is 1. The van der Waals surface area contributed by atoms with Gasteiger partial charge >= 0.3 is 0 Å². The number of allylic oxidation sites excluding steroid dienone is 3. The molecule has 1 heterocycles. The van der Waals surface area contributed by atoms with Crippen molar-refractivity contribution in [2.75, 3.05) is 0 Å². The van der Waals surface area contributed by atoms with Crippen molar-refractivity contribution < 1.29 is 4.74 Å². The lowest BCUT2D eigenvalue weighted by Gasteiger charge is -2.20. The molecule has 0 saturated carbocycles. The van der Waals surface area contributed by atoms with Gasteiger partial charge in [0.05, 0.1) is 12.2 Å². The minimum atomic E-state index is 0.302. The van der Waals surface area contributed by atoms with Gasteiger partial charge < -0.3 is 4.74 Å². The van der Waals surface area contributed by atoms with E-state index in [1.165, 1.54) is 24.0 Å². The molecule has 1 aliphatic carbocycles. The minimum Gasteiger partial charge on any atom is -0.369 e. The lowest BCUT2D eigenvalue weighted by Crippen LogP contribution is -2.20. The lowest BCUT2D eigenvalue weighted by molar-refractivity contribution is 0.241. The summed E-state index contributed by atoms with van der Waals surface area (Å²) in [6.45, 7) is 9.15. The molecule has 1 heteroatoms. The predicted octanol–water partition coefficient (Wildman–Crippen LogP) is 4.25. The molecule has 1 fully saturated rings. The van der Waals surface area contributed by atoms with E-state index in [1.807, 2.05) is 0 Å². The molecule has 0 amide bonds. The van der Waals surface area contributed by atoms with E-state index < -0.39 is 0 Å². The van der Waals surface area contributed by atoms with E-state index in [4.69, 9.17) is 4.74 Å². The summed E-state index contributed by atoms with van der Waals surface area (Å²) in [5.41, 5.74) is 3.32. The van der Waals surface area contributed by atoms with Gasteiger partial charge in [0, 0.05) is 0 Å². The highest BCUT2D eigenvalue weighted by atomic mass is 16.6. The zero-order chi connectivity index (χ0) is 11.8. The fourth-order valence-corrected chi connectivity index (χ4v) is 2.59. The molecule has 0 aromatic heterocycles. The van der Waals surface area contributed by atoms with Crippen LogP contribution in [0.15, 0.2) is 23.3 Å². The van der Waals surface area contributed by atoms with Crippen LogP contribution in [0.2, 0.25) is 0 Å². The van der Waals surface area contributed by atoms with E-state index in [0.29, 0.717) is 17.6 Å². The van der Waals surface area contributed by atoms with Gasteiger partial charge in [0.2, 0.25) is 0 Å². The van der Waals surface area contributed by atoms with Crippen LogP contribution in [0.4, 0.5) is 0 Å². The Bertz CT molecular complexity index is 322. The van der Waals surface area contributed by atoms with Crippen LogP contribution < -0.4 is 0 Å². The van der Waals surface area contributed by atoms with E-state index in [2.05, 4.69) is 39.8 Å². The van der Waals surface area contributed by atoms with Crippen LogP contribution in [0, 0.1) is 5.41 Å². The van der Waals surface area contributed by atoms with Crippen LogP contribution in [-0.2, 0) is 4.74 Å². The highest BCUT2D eigenvalue weighted by Gasteiger charge is 2.48. The first-order valence-electron chi connectivity index (χ1n) is 6.46. The maximum atomic E-state index is 5.84. The second kappa shape index (κ2) is 4.37. The second-order valence-corrected chi connectivity index (χ2v) is 6.13. The van der Waals surface area contributed by atoms with E-state index >= 15 is 0 Å². The summed E-state index contributed by atoms with van der Waals surface area (Å²) in [6, 6.07) is 0. The summed E-state index contributed by atoms with van der Waals surface area (Å²) in [6.07, 6.45) is 10.4. The predicted molar refractivity (Wildman–Crippen MR) is 68.4 cm³/mol. The van der Waals surface area contributed by atoms with Gasteiger partial charge in [0.15, 0.2) is 0 Å². The SMILES string of the molecule is C/C1=C/CC(C)(C)[C@H]2O[C@H]2C/C(C)=C/CC1. The molecule has 0 N–H and O–H groups in total. The first kappa shape index (κ1) is 11.9. The summed E-state index contributed by atoms with van der Waals surface area (Å²) in [4.78, 5) is 0. The molecule has 0 aromatic rings. The molecule has 2 atom stereocenters. The molecule has 1 saturated heterocycles. The van der Waals surface area contributed by atoms with Crippen molar-refractivity contribution in [3.05, 3.63) is 23.3 Å². The van der Waals surface area contributed by atoms with Gasteiger partial charge in [-0.05, 0) is 44.9 Å². The fraction of sp³-hybridized carbons (Fsp3) is 0.733. The first-order valence-corrected chi connectivity index (χ1v) is 6.46. The molecule has 0 unspecified atom stereocenters. The van der Waals surface area contributed by atoms with Crippen molar-refractivity contribution in [2.24, 2.45) is 5.41 Å². The zero-order valence-corrected chi connectivity index (χ0v) is 11.0. The van der Waals surface area contributed by atoms with Crippen LogP contribution in [0.3, 0.4) is 0 Å². The smallest absolute Gasteiger partial charge is 0.0898 e. The Kier molecular flexibility index (Phi) is 3.25. The van der Waals surface area contributed by atoms with Crippen LogP contribution in [0.1, 0.15) is 53.4 Å². The standard InChI is InChI=1S/C15H24O/c1-11-6-5-7-12(2)10-13-14(16-13)15(3,4)9-8-11/h7-8,13-14H,5-6,9-10H2,1-4H3/b11-8-,12-7+/t13-,14-/m0/s1. The van der Waals surface area contributed by atoms with Crippen molar-refractivity contribution in [3.8, 4) is 0 Å². The lowest BCUT2D eigenvalue weighted by atomic mass is 9.82. The number of rotatable bonds is 0. The highest BCUT2D eigenvalue weighted by Crippen LogP contribution is 2.44. The third-order valence-corrected chi connectivity index (χ3v) is 3.88. The normalized spacial score (nSPS) is 40.8. The zero-order valence-electron chi connectivity index (χ0n) is 11.0. The van der Waals surface area contributed by atoms with Crippen molar-refractivity contribution in [1.82, 2.24) is 0 Å². The van der Waals surface area contributed by atoms with Gasteiger partial charge in [-0.3, -0.25) is 0 Å². The van der Waals surface area contributed by atoms with Gasteiger partial charge in [0.1, 0.15) is 0 Å². The van der Waals surface area contributed by atoms with Crippen LogP contribution in [0.25, 0.3) is 0 Å². The first-order chi connectivity index (χ1) is 7.49. The van der Waals surface area contributed by atoms with Crippen LogP contribution >= 0.6 is 0 Å². The van der Waals surface area contributed by atoms with Gasteiger partial charge in [-0.1, -0.05) is 37.1 Å². The summed E-state index contributed by atoms with van der Waals surface area (Å²) < 4.78 is 5.84. The Hall–Kier alpha value is -0.560. The Labute approximate surface area is 99.6 Å². The van der Waals surface area contributed by atoms with E-state index in [0.717, 1.165) is 12.8 Å². The van der Waals surface area contributed by atoms with Crippen LogP contribution in [0.5, 0.6) is 0 Å². The average Bonchev–Trinajstić information content (AvgIpc) is 2.94. The Balaban J connectivity index is 2.12. The minimum absolute atomic E-state index is 0.302. The Morgan fingerprint density at radius 2 is 1.94 bits per heavy atom.